The zero-order valence-corrected chi connectivity index (χ0v) is 14.0. The predicted octanol–water partition coefficient (Wildman–Crippen LogP) is 2.40. The Labute approximate surface area is 136 Å². The third-order valence-electron chi connectivity index (χ3n) is 4.51. The molecular weight excluding hydrogens is 322 g/mol. The molecule has 0 bridgehead atoms. The van der Waals surface area contributed by atoms with E-state index in [2.05, 4.69) is 4.72 Å². The molecular formula is C15H20ClN3O2S. The van der Waals surface area contributed by atoms with Gasteiger partial charge in [-0.15, -0.1) is 0 Å². The van der Waals surface area contributed by atoms with Crippen LogP contribution < -0.4 is 10.5 Å². The highest BCUT2D eigenvalue weighted by atomic mass is 35.5. The van der Waals surface area contributed by atoms with Gasteiger partial charge in [-0.1, -0.05) is 31.4 Å². The molecule has 0 spiro atoms. The van der Waals surface area contributed by atoms with Crippen molar-refractivity contribution >= 4 is 21.6 Å². The highest BCUT2D eigenvalue weighted by Crippen LogP contribution is 2.35. The van der Waals surface area contributed by atoms with E-state index in [1.165, 1.54) is 18.2 Å². The molecule has 22 heavy (non-hydrogen) atoms. The molecule has 2 atom stereocenters. The maximum absolute atomic E-state index is 12.7. The van der Waals surface area contributed by atoms with Crippen LogP contribution in [0.15, 0.2) is 23.1 Å². The van der Waals surface area contributed by atoms with Crippen LogP contribution in [-0.4, -0.2) is 20.5 Å². The van der Waals surface area contributed by atoms with E-state index in [1.54, 1.807) is 0 Å². The van der Waals surface area contributed by atoms with Crippen LogP contribution in [0, 0.1) is 17.2 Å². The number of halogens is 1. The van der Waals surface area contributed by atoms with Crippen LogP contribution in [-0.2, 0) is 10.0 Å². The molecule has 7 heteroatoms. The Balaban J connectivity index is 2.36. The van der Waals surface area contributed by atoms with Crippen molar-refractivity contribution in [2.75, 3.05) is 6.54 Å². The summed E-state index contributed by atoms with van der Waals surface area (Å²) >= 11 is 6.03. The zero-order valence-electron chi connectivity index (χ0n) is 12.5. The predicted molar refractivity (Wildman–Crippen MR) is 85.9 cm³/mol. The summed E-state index contributed by atoms with van der Waals surface area (Å²) in [6.07, 6.45) is 3.70. The van der Waals surface area contributed by atoms with E-state index in [9.17, 15) is 8.42 Å². The number of hydrogen-bond acceptors (Lipinski definition) is 4. The summed E-state index contributed by atoms with van der Waals surface area (Å²) in [5, 5.41) is 8.88. The number of nitrogens with zero attached hydrogens (tertiary/aromatic N) is 1. The van der Waals surface area contributed by atoms with Crippen molar-refractivity contribution in [3.63, 3.8) is 0 Å². The van der Waals surface area contributed by atoms with E-state index < -0.39 is 15.6 Å². The van der Waals surface area contributed by atoms with E-state index in [-0.39, 0.29) is 22.4 Å². The Kier molecular flexibility index (Phi) is 5.13. The van der Waals surface area contributed by atoms with E-state index in [1.807, 2.05) is 13.0 Å². The first-order valence-electron chi connectivity index (χ1n) is 7.28. The first-order chi connectivity index (χ1) is 10.3. The molecule has 0 aromatic heterocycles. The van der Waals surface area contributed by atoms with Crippen molar-refractivity contribution < 1.29 is 8.42 Å². The molecule has 1 aliphatic rings. The number of nitrogens with one attached hydrogen (secondary N) is 1. The average molecular weight is 342 g/mol. The maximum atomic E-state index is 12.7. The van der Waals surface area contributed by atoms with Crippen molar-refractivity contribution in [2.45, 2.75) is 43.0 Å². The largest absolute Gasteiger partial charge is 0.329 e. The van der Waals surface area contributed by atoms with Crippen LogP contribution in [0.2, 0.25) is 5.02 Å². The zero-order chi connectivity index (χ0) is 16.4. The van der Waals surface area contributed by atoms with Gasteiger partial charge in [0.1, 0.15) is 4.90 Å². The normalized spacial score (nSPS) is 25.6. The molecule has 1 aromatic carbocycles. The van der Waals surface area contributed by atoms with Gasteiger partial charge in [0.05, 0.1) is 16.7 Å². The van der Waals surface area contributed by atoms with E-state index in [4.69, 9.17) is 22.6 Å². The van der Waals surface area contributed by atoms with Gasteiger partial charge in [0, 0.05) is 12.1 Å². The lowest BCUT2D eigenvalue weighted by molar-refractivity contribution is 0.191. The monoisotopic (exact) mass is 341 g/mol. The molecule has 3 N–H and O–H groups in total. The molecule has 2 rings (SSSR count). The van der Waals surface area contributed by atoms with E-state index in [0.717, 1.165) is 25.7 Å². The fraction of sp³-hybridized carbons (Fsp3) is 0.533. The van der Waals surface area contributed by atoms with Crippen molar-refractivity contribution in [3.8, 4) is 6.07 Å². The van der Waals surface area contributed by atoms with Gasteiger partial charge >= 0.3 is 0 Å². The number of rotatable bonds is 4. The first-order valence-corrected chi connectivity index (χ1v) is 9.14. The molecule has 1 aliphatic carbocycles. The third kappa shape index (κ3) is 3.28. The van der Waals surface area contributed by atoms with Crippen molar-refractivity contribution in [1.82, 2.24) is 4.72 Å². The van der Waals surface area contributed by atoms with E-state index >= 15 is 0 Å². The number of nitriles is 1. The molecule has 0 radical (unpaired) electrons. The molecule has 5 nitrogen and oxygen atoms in total. The van der Waals surface area contributed by atoms with Crippen LogP contribution >= 0.6 is 11.6 Å². The van der Waals surface area contributed by atoms with Crippen LogP contribution in [0.25, 0.3) is 0 Å². The Bertz CT molecular complexity index is 699. The Morgan fingerprint density at radius 2 is 2.23 bits per heavy atom. The van der Waals surface area contributed by atoms with Gasteiger partial charge in [-0.25, -0.2) is 13.1 Å². The summed E-state index contributed by atoms with van der Waals surface area (Å²) in [6.45, 7) is 2.27. The van der Waals surface area contributed by atoms with Crippen molar-refractivity contribution in [1.29, 1.82) is 5.26 Å². The van der Waals surface area contributed by atoms with Gasteiger partial charge in [-0.3, -0.25) is 0 Å². The highest BCUT2D eigenvalue weighted by Gasteiger charge is 2.41. The van der Waals surface area contributed by atoms with Gasteiger partial charge in [0.2, 0.25) is 10.0 Å². The molecule has 1 saturated carbocycles. The highest BCUT2D eigenvalue weighted by molar-refractivity contribution is 7.89. The maximum Gasteiger partial charge on any atom is 0.242 e. The molecule has 1 fully saturated rings. The Morgan fingerprint density at radius 1 is 1.50 bits per heavy atom. The second kappa shape index (κ2) is 6.55. The number of nitrogens with two attached hydrogens (primary N) is 1. The van der Waals surface area contributed by atoms with Gasteiger partial charge in [0.25, 0.3) is 0 Å². The minimum absolute atomic E-state index is 0.0150. The Morgan fingerprint density at radius 3 is 2.77 bits per heavy atom. The summed E-state index contributed by atoms with van der Waals surface area (Å²) in [5.41, 5.74) is 5.59. The van der Waals surface area contributed by atoms with Gasteiger partial charge < -0.3 is 5.73 Å². The van der Waals surface area contributed by atoms with Gasteiger partial charge in [-0.2, -0.15) is 5.26 Å². The lowest BCUT2D eigenvalue weighted by atomic mass is 9.74. The van der Waals surface area contributed by atoms with Gasteiger partial charge in [-0.05, 0) is 37.0 Å². The summed E-state index contributed by atoms with van der Waals surface area (Å²) in [5.74, 6) is 0.165. The summed E-state index contributed by atoms with van der Waals surface area (Å²) in [7, 11) is -3.79. The quantitative estimate of drug-likeness (QED) is 0.878. The average Bonchev–Trinajstić information content (AvgIpc) is 2.49. The molecule has 0 heterocycles. The summed E-state index contributed by atoms with van der Waals surface area (Å²) in [4.78, 5) is -0.0150. The molecule has 0 saturated heterocycles. The third-order valence-corrected chi connectivity index (χ3v) is 6.54. The second-order valence-electron chi connectivity index (χ2n) is 5.87. The lowest BCUT2D eigenvalue weighted by Crippen LogP contribution is -2.58. The summed E-state index contributed by atoms with van der Waals surface area (Å²) < 4.78 is 28.2. The topological polar surface area (TPSA) is 96.0 Å². The minimum Gasteiger partial charge on any atom is -0.329 e. The molecule has 0 aliphatic heterocycles. The lowest BCUT2D eigenvalue weighted by Gasteiger charge is -2.42. The fourth-order valence-electron chi connectivity index (χ4n) is 3.02. The Hall–Kier alpha value is -1.13. The SMILES string of the molecule is CC1CCCCC1(CN)NS(=O)(=O)c1ccc(C#N)cc1Cl. The molecule has 1 aromatic rings. The first kappa shape index (κ1) is 17.2. The van der Waals surface area contributed by atoms with E-state index in [0.29, 0.717) is 5.56 Å². The van der Waals surface area contributed by atoms with Crippen molar-refractivity contribution in [3.05, 3.63) is 28.8 Å². The van der Waals surface area contributed by atoms with Crippen molar-refractivity contribution in [2.24, 2.45) is 11.7 Å². The number of hydrogen-bond donors (Lipinski definition) is 2. The second-order valence-corrected chi connectivity index (χ2v) is 7.93. The smallest absolute Gasteiger partial charge is 0.242 e. The van der Waals surface area contributed by atoms with Crippen LogP contribution in [0.5, 0.6) is 0 Å². The molecule has 120 valence electrons. The molecule has 2 unspecified atom stereocenters. The number of benzene rings is 1. The standard InChI is InChI=1S/C15H20ClN3O2S/c1-11-4-2-3-7-15(11,10-18)19-22(20,21)14-6-5-12(9-17)8-13(14)16/h5-6,8,11,19H,2-4,7,10,18H2,1H3. The minimum atomic E-state index is -3.79. The number of sulfonamides is 1. The van der Waals surface area contributed by atoms with Crippen LogP contribution in [0.1, 0.15) is 38.2 Å². The van der Waals surface area contributed by atoms with Crippen LogP contribution in [0.3, 0.4) is 0 Å². The molecule has 0 amide bonds. The summed E-state index contributed by atoms with van der Waals surface area (Å²) in [6, 6.07) is 6.10. The van der Waals surface area contributed by atoms with Crippen LogP contribution in [0.4, 0.5) is 0 Å². The fourth-order valence-corrected chi connectivity index (χ4v) is 5.10. The van der Waals surface area contributed by atoms with Gasteiger partial charge in [0.15, 0.2) is 0 Å².